The van der Waals surface area contributed by atoms with Gasteiger partial charge in [-0.1, -0.05) is 11.8 Å². The van der Waals surface area contributed by atoms with Crippen LogP contribution in [-0.2, 0) is 13.7 Å². The fourth-order valence-corrected chi connectivity index (χ4v) is 1.37. The summed E-state index contributed by atoms with van der Waals surface area (Å²) in [4.78, 5) is 1.39. The number of benzene rings is 1. The molecule has 0 saturated carbocycles. The summed E-state index contributed by atoms with van der Waals surface area (Å²) < 4.78 is 5.51. The van der Waals surface area contributed by atoms with Gasteiger partial charge in [0.15, 0.2) is 6.61 Å². The second kappa shape index (κ2) is 6.03. The molecule has 6 heteroatoms. The van der Waals surface area contributed by atoms with Gasteiger partial charge in [0, 0.05) is 5.56 Å². The van der Waals surface area contributed by atoms with E-state index >= 15 is 0 Å². The van der Waals surface area contributed by atoms with E-state index in [9.17, 15) is 0 Å². The van der Waals surface area contributed by atoms with Gasteiger partial charge in [0.2, 0.25) is 5.82 Å². The van der Waals surface area contributed by atoms with Gasteiger partial charge in [-0.15, -0.1) is 21.8 Å². The van der Waals surface area contributed by atoms with Gasteiger partial charge in [-0.25, -0.2) is 0 Å². The SMILES string of the molecule is Cn1nnc(COc2ccc(C#CCCl)cc2)n1. The summed E-state index contributed by atoms with van der Waals surface area (Å²) >= 11 is 5.48. The third-order valence-corrected chi connectivity index (χ3v) is 2.21. The lowest BCUT2D eigenvalue weighted by atomic mass is 10.2. The van der Waals surface area contributed by atoms with Crippen molar-refractivity contribution in [3.05, 3.63) is 35.7 Å². The number of halogens is 1. The predicted molar refractivity (Wildman–Crippen MR) is 67.2 cm³/mol. The van der Waals surface area contributed by atoms with E-state index in [1.54, 1.807) is 7.05 Å². The lowest BCUT2D eigenvalue weighted by Crippen LogP contribution is -1.99. The molecule has 0 saturated heterocycles. The molecule has 0 aliphatic carbocycles. The van der Waals surface area contributed by atoms with E-state index in [4.69, 9.17) is 16.3 Å². The Hall–Kier alpha value is -2.06. The molecule has 2 rings (SSSR count). The molecule has 1 aromatic carbocycles. The first-order valence-corrected chi connectivity index (χ1v) is 5.82. The minimum Gasteiger partial charge on any atom is -0.485 e. The monoisotopic (exact) mass is 262 g/mol. The fourth-order valence-electron chi connectivity index (χ4n) is 1.30. The molecule has 0 amide bonds. The lowest BCUT2D eigenvalue weighted by Gasteiger charge is -2.02. The highest BCUT2D eigenvalue weighted by Gasteiger charge is 2.01. The zero-order valence-electron chi connectivity index (χ0n) is 9.80. The van der Waals surface area contributed by atoms with Crippen molar-refractivity contribution in [3.63, 3.8) is 0 Å². The molecule has 0 unspecified atom stereocenters. The van der Waals surface area contributed by atoms with Gasteiger partial charge in [-0.3, -0.25) is 0 Å². The number of aryl methyl sites for hydroxylation is 1. The highest BCUT2D eigenvalue weighted by atomic mass is 35.5. The van der Waals surface area contributed by atoms with Crippen molar-refractivity contribution in [2.75, 3.05) is 5.88 Å². The average molecular weight is 263 g/mol. The fraction of sp³-hybridized carbons (Fsp3) is 0.250. The number of tetrazole rings is 1. The van der Waals surface area contributed by atoms with Gasteiger partial charge in [-0.05, 0) is 29.5 Å². The molecule has 0 bridgehead atoms. The van der Waals surface area contributed by atoms with E-state index in [2.05, 4.69) is 27.3 Å². The van der Waals surface area contributed by atoms with E-state index in [0.29, 0.717) is 18.3 Å². The summed E-state index contributed by atoms with van der Waals surface area (Å²) in [5.74, 6) is 7.32. The second-order valence-electron chi connectivity index (χ2n) is 3.44. The van der Waals surface area contributed by atoms with Crippen LogP contribution in [0.4, 0.5) is 0 Å². The number of nitrogens with zero attached hydrogens (tertiary/aromatic N) is 4. The zero-order chi connectivity index (χ0) is 12.8. The molecule has 92 valence electrons. The van der Waals surface area contributed by atoms with Crippen molar-refractivity contribution in [2.24, 2.45) is 7.05 Å². The van der Waals surface area contributed by atoms with E-state index < -0.39 is 0 Å². The van der Waals surface area contributed by atoms with E-state index in [1.165, 1.54) is 4.80 Å². The summed E-state index contributed by atoms with van der Waals surface area (Å²) in [5, 5.41) is 11.6. The van der Waals surface area contributed by atoms with Crippen molar-refractivity contribution in [2.45, 2.75) is 6.61 Å². The lowest BCUT2D eigenvalue weighted by molar-refractivity contribution is 0.295. The number of aromatic nitrogens is 4. The van der Waals surface area contributed by atoms with Crippen LogP contribution in [0.1, 0.15) is 11.4 Å². The quantitative estimate of drug-likeness (QED) is 0.619. The minimum absolute atomic E-state index is 0.292. The molecule has 0 aliphatic heterocycles. The third-order valence-electron chi connectivity index (χ3n) is 2.07. The van der Waals surface area contributed by atoms with E-state index in [-0.39, 0.29) is 0 Å². The van der Waals surface area contributed by atoms with Crippen LogP contribution >= 0.6 is 11.6 Å². The Morgan fingerprint density at radius 1 is 1.33 bits per heavy atom. The Morgan fingerprint density at radius 3 is 2.72 bits per heavy atom. The molecule has 5 nitrogen and oxygen atoms in total. The van der Waals surface area contributed by atoms with Crippen LogP contribution in [0.2, 0.25) is 0 Å². The largest absolute Gasteiger partial charge is 0.485 e. The Morgan fingerprint density at radius 2 is 2.11 bits per heavy atom. The molecule has 0 fully saturated rings. The van der Waals surface area contributed by atoms with Crippen molar-refractivity contribution >= 4 is 11.6 Å². The highest BCUT2D eigenvalue weighted by molar-refractivity contribution is 6.19. The van der Waals surface area contributed by atoms with Crippen LogP contribution < -0.4 is 4.74 Å². The molecule has 0 atom stereocenters. The summed E-state index contributed by atoms with van der Waals surface area (Å²) in [6.45, 7) is 0.292. The molecular weight excluding hydrogens is 252 g/mol. The van der Waals surface area contributed by atoms with Crippen LogP contribution in [0.3, 0.4) is 0 Å². The number of hydrogen-bond donors (Lipinski definition) is 0. The maximum atomic E-state index is 5.51. The molecule has 0 radical (unpaired) electrons. The normalized spacial score (nSPS) is 9.67. The molecule has 1 heterocycles. The summed E-state index contributed by atoms with van der Waals surface area (Å²) in [6.07, 6.45) is 0. The van der Waals surface area contributed by atoms with Gasteiger partial charge in [0.25, 0.3) is 0 Å². The predicted octanol–water partition coefficient (Wildman–Crippen LogP) is 1.38. The van der Waals surface area contributed by atoms with Gasteiger partial charge in [0.1, 0.15) is 5.75 Å². The number of hydrogen-bond acceptors (Lipinski definition) is 4. The van der Waals surface area contributed by atoms with Gasteiger partial charge >= 0.3 is 0 Å². The van der Waals surface area contributed by atoms with E-state index in [1.807, 2.05) is 24.3 Å². The summed E-state index contributed by atoms with van der Waals surface area (Å²) in [5.41, 5.74) is 0.903. The van der Waals surface area contributed by atoms with Crippen molar-refractivity contribution in [1.29, 1.82) is 0 Å². The Kier molecular flexibility index (Phi) is 4.15. The molecule has 18 heavy (non-hydrogen) atoms. The Labute approximate surface area is 110 Å². The average Bonchev–Trinajstić information content (AvgIpc) is 2.81. The number of alkyl halides is 1. The minimum atomic E-state index is 0.292. The summed E-state index contributed by atoms with van der Waals surface area (Å²) in [7, 11) is 1.71. The first-order valence-electron chi connectivity index (χ1n) is 5.28. The first kappa shape index (κ1) is 12.4. The van der Waals surface area contributed by atoms with Crippen molar-refractivity contribution < 1.29 is 4.74 Å². The van der Waals surface area contributed by atoms with E-state index in [0.717, 1.165) is 11.3 Å². The Bertz CT molecular complexity index is 568. The van der Waals surface area contributed by atoms with Crippen LogP contribution in [0.15, 0.2) is 24.3 Å². The van der Waals surface area contributed by atoms with Crippen LogP contribution in [-0.4, -0.2) is 26.1 Å². The molecule has 0 N–H and O–H groups in total. The van der Waals surface area contributed by atoms with Gasteiger partial charge in [0.05, 0.1) is 12.9 Å². The second-order valence-corrected chi connectivity index (χ2v) is 3.71. The van der Waals surface area contributed by atoms with Crippen molar-refractivity contribution in [1.82, 2.24) is 20.2 Å². The highest BCUT2D eigenvalue weighted by Crippen LogP contribution is 2.12. The van der Waals surface area contributed by atoms with Crippen LogP contribution in [0.5, 0.6) is 5.75 Å². The summed E-state index contributed by atoms with van der Waals surface area (Å²) in [6, 6.07) is 7.43. The maximum Gasteiger partial charge on any atom is 0.212 e. The van der Waals surface area contributed by atoms with Gasteiger partial charge < -0.3 is 4.74 Å². The number of rotatable bonds is 3. The first-order chi connectivity index (χ1) is 8.78. The van der Waals surface area contributed by atoms with Crippen molar-refractivity contribution in [3.8, 4) is 17.6 Å². The third kappa shape index (κ3) is 3.47. The zero-order valence-corrected chi connectivity index (χ0v) is 10.6. The molecule has 0 aliphatic rings. The topological polar surface area (TPSA) is 52.8 Å². The Balaban J connectivity index is 1.94. The number of ether oxygens (including phenoxy) is 1. The maximum absolute atomic E-state index is 5.51. The molecule has 2 aromatic rings. The molecular formula is C12H11ClN4O. The standard InChI is InChI=1S/C12H11ClN4O/c1-17-15-12(14-16-17)9-18-11-6-4-10(5-7-11)3-2-8-13/h4-7H,8-9H2,1H3. The molecule has 1 aromatic heterocycles. The molecule has 0 spiro atoms. The van der Waals surface area contributed by atoms with Gasteiger partial charge in [-0.2, -0.15) is 4.80 Å². The smallest absolute Gasteiger partial charge is 0.212 e. The van der Waals surface area contributed by atoms with Crippen LogP contribution in [0.25, 0.3) is 0 Å². The van der Waals surface area contributed by atoms with Crippen LogP contribution in [0, 0.1) is 11.8 Å².